The lowest BCUT2D eigenvalue weighted by Gasteiger charge is -1.97. The third kappa shape index (κ3) is 2.89. The predicted molar refractivity (Wildman–Crippen MR) is 82.7 cm³/mol. The summed E-state index contributed by atoms with van der Waals surface area (Å²) in [6.45, 7) is 0. The van der Waals surface area contributed by atoms with Crippen LogP contribution in [0.1, 0.15) is 32.1 Å². The van der Waals surface area contributed by atoms with E-state index in [9.17, 15) is 0 Å². The normalized spacial score (nSPS) is 14.1. The number of nitrogen functional groups attached to an aromatic ring is 1. The van der Waals surface area contributed by atoms with Gasteiger partial charge in [0.1, 0.15) is 5.82 Å². The minimum Gasteiger partial charge on any atom is -0.384 e. The molecule has 6 nitrogen and oxygen atoms in total. The summed E-state index contributed by atoms with van der Waals surface area (Å²) in [5, 5.41) is 8.32. The quantitative estimate of drug-likeness (QED) is 0.745. The molecule has 1 saturated carbocycles. The van der Waals surface area contributed by atoms with Crippen LogP contribution in [0, 0.1) is 0 Å². The van der Waals surface area contributed by atoms with E-state index in [1.54, 1.807) is 33.9 Å². The Balaban J connectivity index is 0.000000225. The Morgan fingerprint density at radius 3 is 2.38 bits per heavy atom. The van der Waals surface area contributed by atoms with Gasteiger partial charge in [0.15, 0.2) is 5.65 Å². The Morgan fingerprint density at radius 2 is 1.76 bits per heavy atom. The van der Waals surface area contributed by atoms with Crippen LogP contribution in [0.15, 0.2) is 30.9 Å². The molecule has 1 aliphatic carbocycles. The van der Waals surface area contributed by atoms with E-state index in [1.165, 1.54) is 32.1 Å². The van der Waals surface area contributed by atoms with Gasteiger partial charge in [0.2, 0.25) is 0 Å². The number of rotatable bonds is 1. The summed E-state index contributed by atoms with van der Waals surface area (Å²) in [6.07, 6.45) is 14.6. The smallest absolute Gasteiger partial charge is 0.165 e. The molecule has 1 aliphatic rings. The molecule has 0 aliphatic heterocycles. The number of fused-ring (bicyclic) bond motifs is 1. The standard InChI is InChI=1S/C10H10N6.C5H10/c1-15-6-7(4-13-15)8-5-14-16-9(11)2-3-12-10(8)16;1-2-4-5-3-1/h2-6H,11H2,1H3;1-5H2. The summed E-state index contributed by atoms with van der Waals surface area (Å²) < 4.78 is 3.35. The van der Waals surface area contributed by atoms with E-state index >= 15 is 0 Å². The summed E-state index contributed by atoms with van der Waals surface area (Å²) >= 11 is 0. The van der Waals surface area contributed by atoms with Crippen LogP contribution in [0.2, 0.25) is 0 Å². The maximum absolute atomic E-state index is 5.79. The van der Waals surface area contributed by atoms with Crippen LogP contribution in [0.25, 0.3) is 16.8 Å². The maximum Gasteiger partial charge on any atom is 0.165 e. The van der Waals surface area contributed by atoms with Gasteiger partial charge in [-0.2, -0.15) is 14.7 Å². The van der Waals surface area contributed by atoms with Crippen LogP contribution in [-0.2, 0) is 7.05 Å². The lowest BCUT2D eigenvalue weighted by atomic mass is 10.2. The van der Waals surface area contributed by atoms with Crippen molar-refractivity contribution in [3.05, 3.63) is 30.9 Å². The van der Waals surface area contributed by atoms with Crippen LogP contribution in [-0.4, -0.2) is 24.4 Å². The second-order valence-corrected chi connectivity index (χ2v) is 5.33. The van der Waals surface area contributed by atoms with Gasteiger partial charge in [0.05, 0.1) is 12.4 Å². The zero-order valence-corrected chi connectivity index (χ0v) is 12.2. The van der Waals surface area contributed by atoms with Crippen LogP contribution in [0.5, 0.6) is 0 Å². The Morgan fingerprint density at radius 1 is 1.05 bits per heavy atom. The van der Waals surface area contributed by atoms with Gasteiger partial charge < -0.3 is 5.73 Å². The van der Waals surface area contributed by atoms with E-state index in [0.717, 1.165) is 16.8 Å². The topological polar surface area (TPSA) is 74.0 Å². The highest BCUT2D eigenvalue weighted by molar-refractivity contribution is 5.76. The molecular weight excluding hydrogens is 264 g/mol. The summed E-state index contributed by atoms with van der Waals surface area (Å²) in [5.41, 5.74) is 8.45. The highest BCUT2D eigenvalue weighted by atomic mass is 15.3. The number of nitrogens with zero attached hydrogens (tertiary/aromatic N) is 5. The second-order valence-electron chi connectivity index (χ2n) is 5.33. The van der Waals surface area contributed by atoms with Gasteiger partial charge >= 0.3 is 0 Å². The van der Waals surface area contributed by atoms with E-state index < -0.39 is 0 Å². The minimum atomic E-state index is 0.570. The van der Waals surface area contributed by atoms with Crippen molar-refractivity contribution in [1.29, 1.82) is 0 Å². The summed E-state index contributed by atoms with van der Waals surface area (Å²) in [4.78, 5) is 4.27. The fourth-order valence-corrected chi connectivity index (χ4v) is 2.56. The summed E-state index contributed by atoms with van der Waals surface area (Å²) in [7, 11) is 1.87. The maximum atomic E-state index is 5.79. The Labute approximate surface area is 123 Å². The van der Waals surface area contributed by atoms with Gasteiger partial charge in [-0.05, 0) is 6.07 Å². The molecule has 110 valence electrons. The number of nitrogens with two attached hydrogens (primary N) is 1. The van der Waals surface area contributed by atoms with Gasteiger partial charge in [0.25, 0.3) is 0 Å². The van der Waals surface area contributed by atoms with Gasteiger partial charge in [-0.25, -0.2) is 4.98 Å². The molecule has 2 N–H and O–H groups in total. The Kier molecular flexibility index (Phi) is 3.85. The molecule has 0 bridgehead atoms. The number of aromatic nitrogens is 5. The number of aryl methyl sites for hydroxylation is 1. The van der Waals surface area contributed by atoms with Crippen LogP contribution >= 0.6 is 0 Å². The van der Waals surface area contributed by atoms with E-state index in [4.69, 9.17) is 5.73 Å². The molecule has 0 aromatic carbocycles. The van der Waals surface area contributed by atoms with Crippen molar-refractivity contribution in [2.45, 2.75) is 32.1 Å². The van der Waals surface area contributed by atoms with Crippen LogP contribution < -0.4 is 5.73 Å². The molecule has 0 amide bonds. The third-order valence-corrected chi connectivity index (χ3v) is 3.70. The zero-order valence-electron chi connectivity index (χ0n) is 12.2. The van der Waals surface area contributed by atoms with Gasteiger partial charge in [0, 0.05) is 30.6 Å². The molecule has 21 heavy (non-hydrogen) atoms. The SMILES string of the molecule is C1CCCC1.Cn1cc(-c2cnn3c(N)ccnc23)cn1. The van der Waals surface area contributed by atoms with Crippen molar-refractivity contribution < 1.29 is 0 Å². The van der Waals surface area contributed by atoms with Crippen LogP contribution in [0.4, 0.5) is 5.82 Å². The lowest BCUT2D eigenvalue weighted by molar-refractivity contribution is 0.768. The molecule has 0 saturated heterocycles. The molecule has 1 fully saturated rings. The first kappa shape index (κ1) is 13.6. The number of anilines is 1. The summed E-state index contributed by atoms with van der Waals surface area (Å²) in [5.74, 6) is 0.570. The highest BCUT2D eigenvalue weighted by Gasteiger charge is 2.10. The molecule has 0 unspecified atom stereocenters. The minimum absolute atomic E-state index is 0.570. The van der Waals surface area contributed by atoms with Crippen molar-refractivity contribution in [2.24, 2.45) is 7.05 Å². The zero-order chi connectivity index (χ0) is 14.7. The van der Waals surface area contributed by atoms with Gasteiger partial charge in [-0.3, -0.25) is 4.68 Å². The fraction of sp³-hybridized carbons (Fsp3) is 0.400. The molecule has 3 heterocycles. The molecule has 6 heteroatoms. The van der Waals surface area contributed by atoms with E-state index in [2.05, 4.69) is 15.2 Å². The van der Waals surface area contributed by atoms with E-state index in [0.29, 0.717) is 5.82 Å². The van der Waals surface area contributed by atoms with Crippen LogP contribution in [0.3, 0.4) is 0 Å². The number of hydrogen-bond acceptors (Lipinski definition) is 4. The first-order chi connectivity index (χ1) is 10.3. The fourth-order valence-electron chi connectivity index (χ4n) is 2.56. The Hall–Kier alpha value is -2.37. The monoisotopic (exact) mass is 284 g/mol. The molecule has 0 atom stereocenters. The average Bonchev–Trinajstić information content (AvgIpc) is 3.21. The van der Waals surface area contributed by atoms with Crippen molar-refractivity contribution in [2.75, 3.05) is 5.73 Å². The van der Waals surface area contributed by atoms with Gasteiger partial charge in [-0.1, -0.05) is 32.1 Å². The Bertz CT molecular complexity index is 715. The lowest BCUT2D eigenvalue weighted by Crippen LogP contribution is -1.98. The molecule has 0 spiro atoms. The van der Waals surface area contributed by atoms with Gasteiger partial charge in [-0.15, -0.1) is 0 Å². The first-order valence-electron chi connectivity index (χ1n) is 7.33. The van der Waals surface area contributed by atoms with Crippen molar-refractivity contribution in [3.8, 4) is 11.1 Å². The molecule has 0 radical (unpaired) electrons. The average molecular weight is 284 g/mol. The van der Waals surface area contributed by atoms with Crippen molar-refractivity contribution >= 4 is 11.5 Å². The summed E-state index contributed by atoms with van der Waals surface area (Å²) in [6, 6.07) is 1.72. The highest BCUT2D eigenvalue weighted by Crippen LogP contribution is 2.23. The molecular formula is C15H20N6. The molecule has 3 aromatic heterocycles. The first-order valence-corrected chi connectivity index (χ1v) is 7.33. The largest absolute Gasteiger partial charge is 0.384 e. The van der Waals surface area contributed by atoms with E-state index in [1.807, 2.05) is 13.2 Å². The molecule has 3 aromatic rings. The predicted octanol–water partition coefficient (Wildman–Crippen LogP) is 2.66. The number of hydrogen-bond donors (Lipinski definition) is 1. The molecule has 4 rings (SSSR count). The van der Waals surface area contributed by atoms with E-state index in [-0.39, 0.29) is 0 Å². The van der Waals surface area contributed by atoms with Crippen molar-refractivity contribution in [3.63, 3.8) is 0 Å². The second kappa shape index (κ2) is 5.95. The third-order valence-electron chi connectivity index (χ3n) is 3.70. The van der Waals surface area contributed by atoms with Crippen molar-refractivity contribution in [1.82, 2.24) is 24.4 Å².